The number of benzene rings is 2. The van der Waals surface area contributed by atoms with Gasteiger partial charge in [0.15, 0.2) is 11.5 Å². The number of methoxy groups -OCH3 is 1. The van der Waals surface area contributed by atoms with E-state index >= 15 is 0 Å². The van der Waals surface area contributed by atoms with Crippen LogP contribution in [0.5, 0.6) is 17.2 Å². The molecule has 0 saturated carbocycles. The smallest absolute Gasteiger partial charge is 0.336 e. The predicted octanol–water partition coefficient (Wildman–Crippen LogP) is 3.07. The van der Waals surface area contributed by atoms with Crippen LogP contribution in [0.4, 0.5) is 5.69 Å². The van der Waals surface area contributed by atoms with Gasteiger partial charge in [-0.2, -0.15) is 0 Å². The topological polar surface area (TPSA) is 119 Å². The van der Waals surface area contributed by atoms with E-state index in [0.29, 0.717) is 16.5 Å². The lowest BCUT2D eigenvalue weighted by Gasteiger charge is -2.07. The van der Waals surface area contributed by atoms with Crippen molar-refractivity contribution in [1.82, 2.24) is 0 Å². The van der Waals surface area contributed by atoms with E-state index in [2.05, 4.69) is 4.99 Å². The van der Waals surface area contributed by atoms with Crippen molar-refractivity contribution in [3.63, 3.8) is 0 Å². The standard InChI is InChI=1S/C21H19NO7/c1-3-28-20(25)7-13-8-21(26)29-18-10-17(24)15(9-14(13)18)22-11-12-4-5-16(23)19(6-12)27-2/h4-6,8-11,23-24H,3,7H2,1-2H3. The van der Waals surface area contributed by atoms with E-state index in [9.17, 15) is 19.8 Å². The van der Waals surface area contributed by atoms with Gasteiger partial charge in [0.05, 0.1) is 20.1 Å². The zero-order valence-electron chi connectivity index (χ0n) is 15.8. The van der Waals surface area contributed by atoms with Gasteiger partial charge >= 0.3 is 11.6 Å². The molecule has 0 aliphatic carbocycles. The maximum absolute atomic E-state index is 11.9. The number of hydrogen-bond donors (Lipinski definition) is 2. The summed E-state index contributed by atoms with van der Waals surface area (Å²) in [4.78, 5) is 27.9. The first-order chi connectivity index (χ1) is 13.9. The molecule has 150 valence electrons. The van der Waals surface area contributed by atoms with Crippen molar-refractivity contribution in [3.05, 3.63) is 57.9 Å². The molecule has 0 aliphatic heterocycles. The molecule has 0 amide bonds. The highest BCUT2D eigenvalue weighted by Gasteiger charge is 2.14. The van der Waals surface area contributed by atoms with Crippen molar-refractivity contribution < 1.29 is 28.9 Å². The first kappa shape index (κ1) is 19.9. The van der Waals surface area contributed by atoms with E-state index in [4.69, 9.17) is 13.9 Å². The lowest BCUT2D eigenvalue weighted by molar-refractivity contribution is -0.142. The summed E-state index contributed by atoms with van der Waals surface area (Å²) in [6.07, 6.45) is 1.37. The Kier molecular flexibility index (Phi) is 5.82. The van der Waals surface area contributed by atoms with Gasteiger partial charge in [0.2, 0.25) is 0 Å². The average Bonchev–Trinajstić information content (AvgIpc) is 2.67. The molecule has 3 rings (SSSR count). The summed E-state index contributed by atoms with van der Waals surface area (Å²) in [5, 5.41) is 20.4. The number of aliphatic imine (C=N–C) groups is 1. The zero-order chi connectivity index (χ0) is 21.0. The molecule has 0 saturated heterocycles. The van der Waals surface area contributed by atoms with Crippen LogP contribution in [-0.4, -0.2) is 36.1 Å². The van der Waals surface area contributed by atoms with Crippen molar-refractivity contribution in [2.75, 3.05) is 13.7 Å². The molecule has 0 aliphatic rings. The predicted molar refractivity (Wildman–Crippen MR) is 106 cm³/mol. The van der Waals surface area contributed by atoms with Crippen LogP contribution in [-0.2, 0) is 16.0 Å². The molecule has 0 radical (unpaired) electrons. The van der Waals surface area contributed by atoms with Crippen LogP contribution in [0.2, 0.25) is 0 Å². The van der Waals surface area contributed by atoms with E-state index in [1.165, 1.54) is 37.6 Å². The molecule has 0 atom stereocenters. The minimum absolute atomic E-state index is 0.00293. The van der Waals surface area contributed by atoms with Gasteiger partial charge in [-0.1, -0.05) is 0 Å². The number of aromatic hydroxyl groups is 2. The number of ether oxygens (including phenoxy) is 2. The molecule has 0 unspecified atom stereocenters. The van der Waals surface area contributed by atoms with Crippen molar-refractivity contribution in [2.45, 2.75) is 13.3 Å². The quantitative estimate of drug-likeness (QED) is 0.373. The second-order valence-electron chi connectivity index (χ2n) is 6.10. The molecule has 2 aromatic carbocycles. The highest BCUT2D eigenvalue weighted by molar-refractivity contribution is 5.91. The van der Waals surface area contributed by atoms with Gasteiger partial charge in [-0.3, -0.25) is 9.79 Å². The minimum atomic E-state index is -0.636. The van der Waals surface area contributed by atoms with Gasteiger partial charge in [0, 0.05) is 23.7 Å². The Bertz CT molecular complexity index is 1150. The zero-order valence-corrected chi connectivity index (χ0v) is 15.8. The fraction of sp³-hybridized carbons (Fsp3) is 0.190. The Morgan fingerprint density at radius 3 is 2.69 bits per heavy atom. The summed E-state index contributed by atoms with van der Waals surface area (Å²) < 4.78 is 15.1. The average molecular weight is 397 g/mol. The summed E-state index contributed by atoms with van der Waals surface area (Å²) in [6.45, 7) is 1.92. The molecule has 1 aromatic heterocycles. The summed E-state index contributed by atoms with van der Waals surface area (Å²) in [5.74, 6) is -0.392. The number of carbonyl (C=O) groups excluding carboxylic acids is 1. The minimum Gasteiger partial charge on any atom is -0.506 e. The van der Waals surface area contributed by atoms with E-state index < -0.39 is 11.6 Å². The molecule has 2 N–H and O–H groups in total. The van der Waals surface area contributed by atoms with E-state index in [-0.39, 0.29) is 41.5 Å². The lowest BCUT2D eigenvalue weighted by atomic mass is 10.1. The van der Waals surface area contributed by atoms with Crippen LogP contribution in [0, 0.1) is 0 Å². The number of hydrogen-bond acceptors (Lipinski definition) is 8. The number of nitrogens with zero attached hydrogens (tertiary/aromatic N) is 1. The Morgan fingerprint density at radius 1 is 1.17 bits per heavy atom. The van der Waals surface area contributed by atoms with Crippen LogP contribution >= 0.6 is 0 Å². The maximum atomic E-state index is 11.9. The molecule has 29 heavy (non-hydrogen) atoms. The van der Waals surface area contributed by atoms with Crippen molar-refractivity contribution in [2.24, 2.45) is 4.99 Å². The molecule has 8 nitrogen and oxygen atoms in total. The number of esters is 1. The third-order valence-corrected chi connectivity index (χ3v) is 4.12. The van der Waals surface area contributed by atoms with E-state index in [1.54, 1.807) is 19.1 Å². The second-order valence-corrected chi connectivity index (χ2v) is 6.10. The number of phenolic OH excluding ortho intramolecular Hbond substituents is 2. The third-order valence-electron chi connectivity index (χ3n) is 4.12. The van der Waals surface area contributed by atoms with Crippen molar-refractivity contribution in [3.8, 4) is 17.2 Å². The molecule has 1 heterocycles. The van der Waals surface area contributed by atoms with E-state index in [0.717, 1.165) is 0 Å². The van der Waals surface area contributed by atoms with Crippen LogP contribution in [0.15, 0.2) is 50.6 Å². The normalized spacial score (nSPS) is 11.1. The SMILES string of the molecule is CCOC(=O)Cc1cc(=O)oc2cc(O)c(N=Cc3ccc(O)c(OC)c3)cc12. The fourth-order valence-electron chi connectivity index (χ4n) is 2.79. The first-order valence-corrected chi connectivity index (χ1v) is 8.77. The molecule has 8 heteroatoms. The van der Waals surface area contributed by atoms with Crippen molar-refractivity contribution in [1.29, 1.82) is 0 Å². The van der Waals surface area contributed by atoms with Gasteiger partial charge < -0.3 is 24.1 Å². The molecular formula is C21H19NO7. The van der Waals surface area contributed by atoms with Gasteiger partial charge in [0.1, 0.15) is 17.0 Å². The first-order valence-electron chi connectivity index (χ1n) is 8.77. The third kappa shape index (κ3) is 4.55. The van der Waals surface area contributed by atoms with Crippen LogP contribution < -0.4 is 10.4 Å². The van der Waals surface area contributed by atoms with Crippen LogP contribution in [0.3, 0.4) is 0 Å². The Hall–Kier alpha value is -3.81. The number of fused-ring (bicyclic) bond motifs is 1. The van der Waals surface area contributed by atoms with Crippen LogP contribution in [0.25, 0.3) is 11.0 Å². The second kappa shape index (κ2) is 8.47. The highest BCUT2D eigenvalue weighted by atomic mass is 16.5. The van der Waals surface area contributed by atoms with Crippen molar-refractivity contribution >= 4 is 28.8 Å². The van der Waals surface area contributed by atoms with Gasteiger partial charge in [-0.25, -0.2) is 4.79 Å². The summed E-state index contributed by atoms with van der Waals surface area (Å²) >= 11 is 0. The molecule has 0 bridgehead atoms. The Balaban J connectivity index is 2.02. The maximum Gasteiger partial charge on any atom is 0.336 e. The largest absolute Gasteiger partial charge is 0.506 e. The summed E-state index contributed by atoms with van der Waals surface area (Å²) in [7, 11) is 1.43. The molecule has 3 aromatic rings. The number of rotatable bonds is 6. The summed E-state index contributed by atoms with van der Waals surface area (Å²) in [5.41, 5.74) is 0.759. The fourth-order valence-corrected chi connectivity index (χ4v) is 2.79. The molecule has 0 fully saturated rings. The van der Waals surface area contributed by atoms with Gasteiger partial charge in [0.25, 0.3) is 0 Å². The van der Waals surface area contributed by atoms with Gasteiger partial charge in [-0.05, 0) is 42.3 Å². The number of phenols is 2. The monoisotopic (exact) mass is 397 g/mol. The molecule has 0 spiro atoms. The Labute approximate surface area is 165 Å². The van der Waals surface area contributed by atoms with Gasteiger partial charge in [-0.15, -0.1) is 0 Å². The number of carbonyl (C=O) groups is 1. The lowest BCUT2D eigenvalue weighted by Crippen LogP contribution is -2.10. The molecular weight excluding hydrogens is 378 g/mol. The summed E-state index contributed by atoms with van der Waals surface area (Å²) in [6, 6.07) is 8.69. The van der Waals surface area contributed by atoms with Crippen LogP contribution in [0.1, 0.15) is 18.1 Å². The van der Waals surface area contributed by atoms with E-state index in [1.807, 2.05) is 0 Å². The Morgan fingerprint density at radius 2 is 1.97 bits per heavy atom. The highest BCUT2D eigenvalue weighted by Crippen LogP contribution is 2.33.